The Balaban J connectivity index is 3.98. The standard InChI is InChI=1S/C9H22N2OS/c1-5-6-9(7-8-10-2)11(3)13(4)12/h9-10H,5-8H2,1-4H3. The van der Waals surface area contributed by atoms with Gasteiger partial charge in [0.05, 0.1) is 11.0 Å². The van der Waals surface area contributed by atoms with Gasteiger partial charge in [0.25, 0.3) is 0 Å². The molecule has 0 aliphatic rings. The molecule has 0 amide bonds. The maximum absolute atomic E-state index is 11.2. The molecular weight excluding hydrogens is 184 g/mol. The third kappa shape index (κ3) is 5.39. The predicted molar refractivity (Wildman–Crippen MR) is 59.1 cm³/mol. The van der Waals surface area contributed by atoms with Crippen LogP contribution < -0.4 is 5.32 Å². The molecule has 2 atom stereocenters. The SMILES string of the molecule is CCCC(CCNC)N(C)S(C)=O. The van der Waals surface area contributed by atoms with Gasteiger partial charge in [-0.3, -0.25) is 0 Å². The second kappa shape index (κ2) is 7.47. The van der Waals surface area contributed by atoms with Crippen LogP contribution in [0.4, 0.5) is 0 Å². The van der Waals surface area contributed by atoms with Gasteiger partial charge in [-0.15, -0.1) is 0 Å². The lowest BCUT2D eigenvalue weighted by molar-refractivity contribution is 0.345. The summed E-state index contributed by atoms with van der Waals surface area (Å²) in [6.07, 6.45) is 5.08. The first-order chi connectivity index (χ1) is 6.13. The van der Waals surface area contributed by atoms with Crippen molar-refractivity contribution in [2.45, 2.75) is 32.2 Å². The second-order valence-corrected chi connectivity index (χ2v) is 4.73. The van der Waals surface area contributed by atoms with E-state index in [1.54, 1.807) is 6.26 Å². The van der Waals surface area contributed by atoms with E-state index in [9.17, 15) is 4.21 Å². The largest absolute Gasteiger partial charge is 0.320 e. The zero-order chi connectivity index (χ0) is 10.3. The molecule has 0 aromatic rings. The van der Waals surface area contributed by atoms with Gasteiger partial charge in [-0.05, 0) is 26.4 Å². The normalized spacial score (nSPS) is 16.1. The lowest BCUT2D eigenvalue weighted by Crippen LogP contribution is -2.34. The topological polar surface area (TPSA) is 32.3 Å². The molecule has 0 saturated carbocycles. The van der Waals surface area contributed by atoms with E-state index in [-0.39, 0.29) is 0 Å². The fourth-order valence-corrected chi connectivity index (χ4v) is 1.99. The Morgan fingerprint density at radius 3 is 2.46 bits per heavy atom. The molecule has 0 heterocycles. The number of nitrogens with one attached hydrogen (secondary N) is 1. The monoisotopic (exact) mass is 206 g/mol. The smallest absolute Gasteiger partial charge is 0.0910 e. The van der Waals surface area contributed by atoms with E-state index in [1.807, 2.05) is 18.4 Å². The third-order valence-electron chi connectivity index (χ3n) is 2.27. The van der Waals surface area contributed by atoms with E-state index in [2.05, 4.69) is 12.2 Å². The first-order valence-corrected chi connectivity index (χ1v) is 6.36. The molecule has 80 valence electrons. The lowest BCUT2D eigenvalue weighted by atomic mass is 10.1. The van der Waals surface area contributed by atoms with Gasteiger partial charge in [0.15, 0.2) is 0 Å². The highest BCUT2D eigenvalue weighted by molar-refractivity contribution is 7.81. The highest BCUT2D eigenvalue weighted by Gasteiger charge is 2.15. The molecule has 0 fully saturated rings. The van der Waals surface area contributed by atoms with Crippen LogP contribution in [0.15, 0.2) is 0 Å². The van der Waals surface area contributed by atoms with Crippen molar-refractivity contribution in [1.82, 2.24) is 9.62 Å². The summed E-state index contributed by atoms with van der Waals surface area (Å²) in [6, 6.07) is 0.447. The molecule has 0 bridgehead atoms. The van der Waals surface area contributed by atoms with E-state index >= 15 is 0 Å². The number of hydrogen-bond acceptors (Lipinski definition) is 2. The predicted octanol–water partition coefficient (Wildman–Crippen LogP) is 0.990. The summed E-state index contributed by atoms with van der Waals surface area (Å²) in [6.45, 7) is 3.16. The molecule has 0 aliphatic heterocycles. The van der Waals surface area contributed by atoms with Crippen LogP contribution in [0.5, 0.6) is 0 Å². The summed E-state index contributed by atoms with van der Waals surface area (Å²) in [5.41, 5.74) is 0. The van der Waals surface area contributed by atoms with Gasteiger partial charge < -0.3 is 5.32 Å². The van der Waals surface area contributed by atoms with E-state index in [0.717, 1.165) is 25.8 Å². The van der Waals surface area contributed by atoms with Gasteiger partial charge in [-0.25, -0.2) is 8.51 Å². The Morgan fingerprint density at radius 1 is 1.46 bits per heavy atom. The number of nitrogens with zero attached hydrogens (tertiary/aromatic N) is 1. The van der Waals surface area contributed by atoms with Crippen LogP contribution in [0.25, 0.3) is 0 Å². The summed E-state index contributed by atoms with van der Waals surface area (Å²) in [7, 11) is 3.05. The molecule has 0 spiro atoms. The van der Waals surface area contributed by atoms with Crippen molar-refractivity contribution in [2.75, 3.05) is 26.9 Å². The van der Waals surface area contributed by atoms with Crippen molar-refractivity contribution < 1.29 is 4.21 Å². The van der Waals surface area contributed by atoms with Crippen LogP contribution in [0.2, 0.25) is 0 Å². The van der Waals surface area contributed by atoms with Crippen molar-refractivity contribution in [2.24, 2.45) is 0 Å². The molecule has 0 aliphatic carbocycles. The van der Waals surface area contributed by atoms with Crippen molar-refractivity contribution in [3.8, 4) is 0 Å². The fraction of sp³-hybridized carbons (Fsp3) is 1.00. The summed E-state index contributed by atoms with van der Waals surface area (Å²) >= 11 is 0. The van der Waals surface area contributed by atoms with Crippen LogP contribution in [-0.2, 0) is 11.0 Å². The summed E-state index contributed by atoms with van der Waals surface area (Å²) in [4.78, 5) is 0. The molecular formula is C9H22N2OS. The van der Waals surface area contributed by atoms with Gasteiger partial charge in [0, 0.05) is 19.3 Å². The van der Waals surface area contributed by atoms with Gasteiger partial charge in [0.1, 0.15) is 0 Å². The van der Waals surface area contributed by atoms with Crippen LogP contribution >= 0.6 is 0 Å². The zero-order valence-corrected chi connectivity index (χ0v) is 9.99. The molecule has 0 rings (SSSR count). The van der Waals surface area contributed by atoms with Crippen LogP contribution in [0, 0.1) is 0 Å². The maximum Gasteiger partial charge on any atom is 0.0910 e. The summed E-state index contributed by atoms with van der Waals surface area (Å²) in [5.74, 6) is 0. The minimum absolute atomic E-state index is 0.447. The lowest BCUT2D eigenvalue weighted by Gasteiger charge is -2.25. The Kier molecular flexibility index (Phi) is 7.51. The average Bonchev–Trinajstić information content (AvgIpc) is 2.11. The summed E-state index contributed by atoms with van der Waals surface area (Å²) < 4.78 is 13.2. The van der Waals surface area contributed by atoms with Crippen molar-refractivity contribution in [3.63, 3.8) is 0 Å². The molecule has 0 radical (unpaired) electrons. The van der Waals surface area contributed by atoms with Crippen LogP contribution in [-0.4, -0.2) is 41.5 Å². The first kappa shape index (κ1) is 13.1. The third-order valence-corrected chi connectivity index (χ3v) is 3.38. The Bertz CT molecular complexity index is 153. The first-order valence-electron chi connectivity index (χ1n) is 4.84. The van der Waals surface area contributed by atoms with Crippen LogP contribution in [0.3, 0.4) is 0 Å². The minimum Gasteiger partial charge on any atom is -0.320 e. The van der Waals surface area contributed by atoms with Crippen molar-refractivity contribution >= 4 is 11.0 Å². The molecule has 2 unspecified atom stereocenters. The highest BCUT2D eigenvalue weighted by atomic mass is 32.2. The zero-order valence-electron chi connectivity index (χ0n) is 9.17. The molecule has 4 heteroatoms. The van der Waals surface area contributed by atoms with Gasteiger partial charge >= 0.3 is 0 Å². The number of hydrogen-bond donors (Lipinski definition) is 1. The Hall–Kier alpha value is 0.0700. The van der Waals surface area contributed by atoms with Crippen molar-refractivity contribution in [3.05, 3.63) is 0 Å². The summed E-state index contributed by atoms with van der Waals surface area (Å²) in [5, 5.41) is 3.12. The molecule has 0 aromatic heterocycles. The molecule has 13 heavy (non-hydrogen) atoms. The fourth-order valence-electron chi connectivity index (χ4n) is 1.36. The van der Waals surface area contributed by atoms with Gasteiger partial charge in [-0.2, -0.15) is 0 Å². The van der Waals surface area contributed by atoms with Crippen LogP contribution in [0.1, 0.15) is 26.2 Å². The van der Waals surface area contributed by atoms with E-state index in [1.165, 1.54) is 0 Å². The molecule has 1 N–H and O–H groups in total. The Labute approximate surface area is 84.5 Å². The van der Waals surface area contributed by atoms with E-state index < -0.39 is 11.0 Å². The minimum atomic E-state index is -0.840. The molecule has 3 nitrogen and oxygen atoms in total. The average molecular weight is 206 g/mol. The molecule has 0 aromatic carbocycles. The Morgan fingerprint density at radius 2 is 2.08 bits per heavy atom. The second-order valence-electron chi connectivity index (χ2n) is 3.30. The number of rotatable bonds is 7. The van der Waals surface area contributed by atoms with Gasteiger partial charge in [0.2, 0.25) is 0 Å². The molecule has 0 saturated heterocycles. The quantitative estimate of drug-likeness (QED) is 0.674. The van der Waals surface area contributed by atoms with Crippen molar-refractivity contribution in [1.29, 1.82) is 0 Å². The highest BCUT2D eigenvalue weighted by Crippen LogP contribution is 2.09. The van der Waals surface area contributed by atoms with E-state index in [4.69, 9.17) is 0 Å². The maximum atomic E-state index is 11.2. The van der Waals surface area contributed by atoms with Gasteiger partial charge in [-0.1, -0.05) is 13.3 Å². The van der Waals surface area contributed by atoms with E-state index in [0.29, 0.717) is 6.04 Å².